The van der Waals surface area contributed by atoms with Crippen molar-refractivity contribution in [3.63, 3.8) is 0 Å². The van der Waals surface area contributed by atoms with E-state index < -0.39 is 0 Å². The van der Waals surface area contributed by atoms with Gasteiger partial charge in [-0.2, -0.15) is 5.10 Å². The van der Waals surface area contributed by atoms with Gasteiger partial charge in [0.2, 0.25) is 0 Å². The lowest BCUT2D eigenvalue weighted by atomic mass is 9.97. The summed E-state index contributed by atoms with van der Waals surface area (Å²) in [6.07, 6.45) is 2.75. The fraction of sp³-hybridized carbons (Fsp3) is 0.161. The maximum atomic E-state index is 5.10. The maximum Gasteiger partial charge on any atom is 0.0831 e. The molecule has 0 N–H and O–H groups in total. The SMILES string of the molecule is Cc1ccc(C=Nc2cccc(C3=NN(c4ccccc4)C(c4ccc(N(C)C)cc4)C3)c2)cc1. The third-order valence-electron chi connectivity index (χ3n) is 6.34. The van der Waals surface area contributed by atoms with E-state index in [1.165, 1.54) is 16.8 Å². The van der Waals surface area contributed by atoms with Crippen LogP contribution in [0.2, 0.25) is 0 Å². The third kappa shape index (κ3) is 5.17. The Morgan fingerprint density at radius 1 is 0.857 bits per heavy atom. The first-order valence-corrected chi connectivity index (χ1v) is 12.0. The van der Waals surface area contributed by atoms with Crippen molar-refractivity contribution in [1.82, 2.24) is 0 Å². The van der Waals surface area contributed by atoms with Crippen LogP contribution in [-0.2, 0) is 0 Å². The van der Waals surface area contributed by atoms with E-state index in [0.717, 1.165) is 34.6 Å². The zero-order valence-electron chi connectivity index (χ0n) is 20.5. The van der Waals surface area contributed by atoms with Crippen molar-refractivity contribution in [1.29, 1.82) is 0 Å². The molecule has 1 heterocycles. The second-order valence-corrected chi connectivity index (χ2v) is 9.15. The first-order valence-electron chi connectivity index (χ1n) is 12.0. The molecule has 0 amide bonds. The number of para-hydroxylation sites is 1. The zero-order chi connectivity index (χ0) is 24.2. The van der Waals surface area contributed by atoms with E-state index in [0.29, 0.717) is 0 Å². The summed E-state index contributed by atoms with van der Waals surface area (Å²) in [4.78, 5) is 6.84. The largest absolute Gasteiger partial charge is 0.378 e. The number of aryl methyl sites for hydroxylation is 1. The van der Waals surface area contributed by atoms with Crippen LogP contribution < -0.4 is 9.91 Å². The van der Waals surface area contributed by atoms with Gasteiger partial charge in [-0.15, -0.1) is 0 Å². The Morgan fingerprint density at radius 2 is 1.60 bits per heavy atom. The Labute approximate surface area is 207 Å². The average Bonchev–Trinajstić information content (AvgIpc) is 3.35. The van der Waals surface area contributed by atoms with Crippen LogP contribution in [0.1, 0.15) is 34.7 Å². The Balaban J connectivity index is 1.44. The number of aliphatic imine (C=N–C) groups is 1. The van der Waals surface area contributed by atoms with Crippen molar-refractivity contribution in [3.05, 3.63) is 125 Å². The van der Waals surface area contributed by atoms with Crippen LogP contribution in [0.25, 0.3) is 0 Å². The molecule has 0 fully saturated rings. The quantitative estimate of drug-likeness (QED) is 0.287. The molecule has 0 spiro atoms. The van der Waals surface area contributed by atoms with Crippen molar-refractivity contribution < 1.29 is 0 Å². The van der Waals surface area contributed by atoms with Gasteiger partial charge in [-0.1, -0.05) is 72.3 Å². The summed E-state index contributed by atoms with van der Waals surface area (Å²) in [5, 5.41) is 7.26. The lowest BCUT2D eigenvalue weighted by molar-refractivity contribution is 0.709. The molecule has 35 heavy (non-hydrogen) atoms. The summed E-state index contributed by atoms with van der Waals surface area (Å²) in [7, 11) is 4.13. The minimum Gasteiger partial charge on any atom is -0.378 e. The number of hydrogen-bond donors (Lipinski definition) is 0. The molecule has 4 aromatic rings. The Hall–Kier alpha value is -4.18. The van der Waals surface area contributed by atoms with Gasteiger partial charge < -0.3 is 4.90 Å². The molecule has 1 atom stereocenters. The summed E-state index contributed by atoms with van der Waals surface area (Å²) in [5.41, 5.74) is 8.99. The van der Waals surface area contributed by atoms with E-state index in [9.17, 15) is 0 Å². The summed E-state index contributed by atoms with van der Waals surface area (Å²) in [6, 6.07) is 36.1. The molecular weight excluding hydrogens is 428 g/mol. The average molecular weight is 459 g/mol. The molecule has 5 rings (SSSR count). The topological polar surface area (TPSA) is 31.2 Å². The Morgan fingerprint density at radius 3 is 2.31 bits per heavy atom. The molecule has 0 saturated carbocycles. The first kappa shape index (κ1) is 22.6. The summed E-state index contributed by atoms with van der Waals surface area (Å²) >= 11 is 0. The highest BCUT2D eigenvalue weighted by Gasteiger charge is 2.30. The molecule has 4 heteroatoms. The second kappa shape index (κ2) is 9.98. The molecule has 0 aliphatic carbocycles. The van der Waals surface area contributed by atoms with E-state index in [-0.39, 0.29) is 6.04 Å². The van der Waals surface area contributed by atoms with Crippen molar-refractivity contribution in [2.75, 3.05) is 24.0 Å². The van der Waals surface area contributed by atoms with Crippen molar-refractivity contribution >= 4 is 29.0 Å². The lowest BCUT2D eigenvalue weighted by Crippen LogP contribution is -2.18. The highest BCUT2D eigenvalue weighted by atomic mass is 15.5. The monoisotopic (exact) mass is 458 g/mol. The smallest absolute Gasteiger partial charge is 0.0831 e. The van der Waals surface area contributed by atoms with Gasteiger partial charge in [0.15, 0.2) is 0 Å². The summed E-state index contributed by atoms with van der Waals surface area (Å²) < 4.78 is 0. The predicted octanol–water partition coefficient (Wildman–Crippen LogP) is 7.17. The molecule has 0 bridgehead atoms. The molecular formula is C31H30N4. The number of benzene rings is 4. The Kier molecular flexibility index (Phi) is 6.44. The fourth-order valence-corrected chi connectivity index (χ4v) is 4.33. The highest BCUT2D eigenvalue weighted by Crippen LogP contribution is 2.37. The van der Waals surface area contributed by atoms with Crippen molar-refractivity contribution in [2.24, 2.45) is 10.1 Å². The van der Waals surface area contributed by atoms with E-state index in [1.54, 1.807) is 0 Å². The standard InChI is InChI=1S/C31H30N4/c1-23-12-14-24(15-13-23)22-32-27-9-7-8-26(20-27)30-21-31(25-16-18-28(19-17-25)34(2)3)35(33-30)29-10-5-4-6-11-29/h4-20,22,31H,21H2,1-3H3. The number of hydrazone groups is 1. The van der Waals surface area contributed by atoms with E-state index >= 15 is 0 Å². The van der Waals surface area contributed by atoms with E-state index in [1.807, 2.05) is 18.3 Å². The normalized spacial score (nSPS) is 15.5. The van der Waals surface area contributed by atoms with Crippen molar-refractivity contribution in [3.8, 4) is 0 Å². The van der Waals surface area contributed by atoms with Crippen LogP contribution in [0.5, 0.6) is 0 Å². The van der Waals surface area contributed by atoms with Crippen LogP contribution >= 0.6 is 0 Å². The second-order valence-electron chi connectivity index (χ2n) is 9.15. The van der Waals surface area contributed by atoms with Gasteiger partial charge in [0.1, 0.15) is 0 Å². The van der Waals surface area contributed by atoms with Gasteiger partial charge in [0.05, 0.1) is 23.1 Å². The van der Waals surface area contributed by atoms with Crippen LogP contribution in [0.4, 0.5) is 17.1 Å². The molecule has 0 saturated heterocycles. The van der Waals surface area contributed by atoms with Gasteiger partial charge in [-0.25, -0.2) is 0 Å². The molecule has 1 aliphatic heterocycles. The van der Waals surface area contributed by atoms with Crippen LogP contribution in [0, 0.1) is 6.92 Å². The van der Waals surface area contributed by atoms with Gasteiger partial charge >= 0.3 is 0 Å². The minimum atomic E-state index is 0.142. The van der Waals surface area contributed by atoms with E-state index in [4.69, 9.17) is 10.1 Å². The summed E-state index contributed by atoms with van der Waals surface area (Å²) in [6.45, 7) is 2.09. The minimum absolute atomic E-state index is 0.142. The number of anilines is 2. The van der Waals surface area contributed by atoms with Gasteiger partial charge in [-0.3, -0.25) is 10.0 Å². The van der Waals surface area contributed by atoms with Crippen LogP contribution in [0.3, 0.4) is 0 Å². The van der Waals surface area contributed by atoms with Crippen molar-refractivity contribution in [2.45, 2.75) is 19.4 Å². The van der Waals surface area contributed by atoms with Gasteiger partial charge in [0.25, 0.3) is 0 Å². The van der Waals surface area contributed by atoms with Crippen LogP contribution in [-0.4, -0.2) is 26.0 Å². The molecule has 0 radical (unpaired) electrons. The Bertz CT molecular complexity index is 1340. The molecule has 1 unspecified atom stereocenters. The van der Waals surface area contributed by atoms with Crippen LogP contribution in [0.15, 0.2) is 113 Å². The lowest BCUT2D eigenvalue weighted by Gasteiger charge is -2.24. The van der Waals surface area contributed by atoms with Gasteiger partial charge in [-0.05, 0) is 60.0 Å². The van der Waals surface area contributed by atoms with Gasteiger partial charge in [0, 0.05) is 32.4 Å². The third-order valence-corrected chi connectivity index (χ3v) is 6.34. The molecule has 4 nitrogen and oxygen atoms in total. The van der Waals surface area contributed by atoms with E-state index in [2.05, 4.69) is 122 Å². The first-order chi connectivity index (χ1) is 17.1. The maximum absolute atomic E-state index is 5.10. The molecule has 4 aromatic carbocycles. The summed E-state index contributed by atoms with van der Waals surface area (Å²) in [5.74, 6) is 0. The molecule has 174 valence electrons. The number of rotatable bonds is 6. The fourth-order valence-electron chi connectivity index (χ4n) is 4.33. The number of hydrogen-bond acceptors (Lipinski definition) is 4. The zero-order valence-corrected chi connectivity index (χ0v) is 20.5. The number of nitrogens with zero attached hydrogens (tertiary/aromatic N) is 4. The molecule has 1 aliphatic rings. The predicted molar refractivity (Wildman–Crippen MR) is 148 cm³/mol. The highest BCUT2D eigenvalue weighted by molar-refractivity contribution is 6.04. The molecule has 0 aromatic heterocycles.